The minimum absolute atomic E-state index is 0.0594. The molecule has 5 heteroatoms. The highest BCUT2D eigenvalue weighted by atomic mass is 16.5. The van der Waals surface area contributed by atoms with E-state index in [9.17, 15) is 9.59 Å². The van der Waals surface area contributed by atoms with E-state index < -0.39 is 6.09 Å². The van der Waals surface area contributed by atoms with Gasteiger partial charge >= 0.3 is 6.09 Å². The number of amidine groups is 1. The lowest BCUT2D eigenvalue weighted by molar-refractivity contribution is -0.113. The molecule has 0 spiro atoms. The van der Waals surface area contributed by atoms with E-state index >= 15 is 0 Å². The Labute approximate surface area is 113 Å². The fourth-order valence-corrected chi connectivity index (χ4v) is 1.84. The number of hydrogen-bond acceptors (Lipinski definition) is 3. The summed E-state index contributed by atoms with van der Waals surface area (Å²) in [5.74, 6) is 0.746. The van der Waals surface area contributed by atoms with Crippen molar-refractivity contribution in [2.24, 2.45) is 4.99 Å². The zero-order valence-electron chi connectivity index (χ0n) is 11.7. The normalized spacial score (nSPS) is 21.6. The molecular formula is C14H20N2O3. The molecule has 1 amide bonds. The summed E-state index contributed by atoms with van der Waals surface area (Å²) in [6.45, 7) is 6.96. The van der Waals surface area contributed by atoms with E-state index in [0.29, 0.717) is 12.3 Å². The third-order valence-corrected chi connectivity index (χ3v) is 3.11. The molecule has 0 aromatic carbocycles. The first-order chi connectivity index (χ1) is 8.95. The summed E-state index contributed by atoms with van der Waals surface area (Å²) in [4.78, 5) is 28.4. The van der Waals surface area contributed by atoms with Crippen molar-refractivity contribution < 1.29 is 14.3 Å². The lowest BCUT2D eigenvalue weighted by Gasteiger charge is -2.19. The van der Waals surface area contributed by atoms with Crippen molar-refractivity contribution in [2.75, 3.05) is 13.7 Å². The number of ether oxygens (including phenoxy) is 1. The summed E-state index contributed by atoms with van der Waals surface area (Å²) >= 11 is 0. The van der Waals surface area contributed by atoms with Crippen molar-refractivity contribution >= 4 is 17.7 Å². The number of aliphatic imine (C=N–C) groups is 1. The van der Waals surface area contributed by atoms with Crippen LogP contribution in [0.5, 0.6) is 0 Å². The molecule has 0 aromatic heterocycles. The lowest BCUT2D eigenvalue weighted by atomic mass is 10.1. The number of ketones is 1. The number of rotatable bonds is 4. The minimum Gasteiger partial charge on any atom is -0.444 e. The molecular weight excluding hydrogens is 244 g/mol. The van der Waals surface area contributed by atoms with Crippen LogP contribution in [0.4, 0.5) is 4.79 Å². The molecule has 1 atom stereocenters. The van der Waals surface area contributed by atoms with Gasteiger partial charge in [-0.3, -0.25) is 4.79 Å². The summed E-state index contributed by atoms with van der Waals surface area (Å²) in [6, 6.07) is 0.106. The molecule has 0 aliphatic carbocycles. The van der Waals surface area contributed by atoms with Gasteiger partial charge in [0.25, 0.3) is 0 Å². The van der Waals surface area contributed by atoms with Crippen molar-refractivity contribution in [3.63, 3.8) is 0 Å². The van der Waals surface area contributed by atoms with Crippen molar-refractivity contribution in [2.45, 2.75) is 32.7 Å². The van der Waals surface area contributed by atoms with Crippen LogP contribution in [0.25, 0.3) is 0 Å². The minimum atomic E-state index is -0.602. The number of likely N-dealkylation sites (tertiary alicyclic amines) is 1. The van der Waals surface area contributed by atoms with Gasteiger partial charge < -0.3 is 9.64 Å². The van der Waals surface area contributed by atoms with E-state index in [1.54, 1.807) is 13.8 Å². The van der Waals surface area contributed by atoms with E-state index in [0.717, 1.165) is 12.0 Å². The fraction of sp³-hybridized carbons (Fsp3) is 0.500. The van der Waals surface area contributed by atoms with Gasteiger partial charge in [0, 0.05) is 19.5 Å². The van der Waals surface area contributed by atoms with Gasteiger partial charge in [-0.1, -0.05) is 18.7 Å². The van der Waals surface area contributed by atoms with Crippen LogP contribution in [0.15, 0.2) is 29.3 Å². The number of carbonyl (C=O) groups is 2. The average Bonchev–Trinajstić information content (AvgIpc) is 2.69. The highest BCUT2D eigenvalue weighted by molar-refractivity contribution is 5.94. The monoisotopic (exact) mass is 264 g/mol. The second kappa shape index (κ2) is 6.87. The Morgan fingerprint density at radius 3 is 2.79 bits per heavy atom. The number of allylic oxidation sites excluding steroid dienone is 1. The van der Waals surface area contributed by atoms with E-state index in [2.05, 4.69) is 11.6 Å². The van der Waals surface area contributed by atoms with Crippen LogP contribution in [0.2, 0.25) is 0 Å². The topological polar surface area (TPSA) is 59.0 Å². The molecule has 104 valence electrons. The molecule has 1 aliphatic rings. The van der Waals surface area contributed by atoms with E-state index in [4.69, 9.17) is 4.74 Å². The number of carbonyl (C=O) groups excluding carboxylic acids is 2. The van der Waals surface area contributed by atoms with Crippen LogP contribution in [0.3, 0.4) is 0 Å². The van der Waals surface area contributed by atoms with Crippen molar-refractivity contribution in [1.82, 2.24) is 4.90 Å². The Kier molecular flexibility index (Phi) is 5.48. The third-order valence-electron chi connectivity index (χ3n) is 3.11. The van der Waals surface area contributed by atoms with Gasteiger partial charge in [0.2, 0.25) is 0 Å². The quantitative estimate of drug-likeness (QED) is 0.577. The van der Waals surface area contributed by atoms with E-state index in [1.165, 1.54) is 6.08 Å². The van der Waals surface area contributed by atoms with Gasteiger partial charge in [-0.15, -0.1) is 0 Å². The maximum absolute atomic E-state index is 11.4. The zero-order chi connectivity index (χ0) is 14.4. The average molecular weight is 264 g/mol. The third kappa shape index (κ3) is 4.35. The number of amides is 1. The Bertz CT molecular complexity index is 438. The molecule has 1 heterocycles. The summed E-state index contributed by atoms with van der Waals surface area (Å²) in [6.07, 6.45) is 4.36. The van der Waals surface area contributed by atoms with Crippen LogP contribution in [-0.2, 0) is 9.53 Å². The van der Waals surface area contributed by atoms with Gasteiger partial charge in [-0.25, -0.2) is 4.79 Å². The Morgan fingerprint density at radius 1 is 1.53 bits per heavy atom. The molecule has 1 aliphatic heterocycles. The van der Waals surface area contributed by atoms with E-state index in [-0.39, 0.29) is 18.4 Å². The van der Waals surface area contributed by atoms with Crippen LogP contribution in [-0.4, -0.2) is 42.3 Å². The predicted molar refractivity (Wildman–Crippen MR) is 74.2 cm³/mol. The SMILES string of the molecule is C=CCOC(=O)N=C1CC[C@@H](/C=C(\C)C(C)=O)N1C. The van der Waals surface area contributed by atoms with Gasteiger partial charge in [-0.2, -0.15) is 4.99 Å². The zero-order valence-corrected chi connectivity index (χ0v) is 11.7. The maximum Gasteiger partial charge on any atom is 0.435 e. The van der Waals surface area contributed by atoms with Gasteiger partial charge in [-0.05, 0) is 25.8 Å². The number of likely N-dealkylation sites (N-methyl/N-ethyl adjacent to an activating group) is 1. The highest BCUT2D eigenvalue weighted by Gasteiger charge is 2.25. The number of Topliss-reactive ketones (excluding diaryl/α,β-unsaturated/α-hetero) is 1. The van der Waals surface area contributed by atoms with Gasteiger partial charge in [0.15, 0.2) is 5.78 Å². The maximum atomic E-state index is 11.4. The molecule has 1 rings (SSSR count). The fourth-order valence-electron chi connectivity index (χ4n) is 1.84. The highest BCUT2D eigenvalue weighted by Crippen LogP contribution is 2.20. The molecule has 1 fully saturated rings. The Balaban J connectivity index is 2.69. The summed E-state index contributed by atoms with van der Waals surface area (Å²) in [5, 5.41) is 0. The first kappa shape index (κ1) is 15.1. The molecule has 0 unspecified atom stereocenters. The van der Waals surface area contributed by atoms with Crippen molar-refractivity contribution in [3.8, 4) is 0 Å². The molecule has 0 radical (unpaired) electrons. The van der Waals surface area contributed by atoms with E-state index in [1.807, 2.05) is 18.0 Å². The number of nitrogens with zero attached hydrogens (tertiary/aromatic N) is 2. The molecule has 0 bridgehead atoms. The molecule has 1 saturated heterocycles. The van der Waals surface area contributed by atoms with Crippen LogP contribution < -0.4 is 0 Å². The molecule has 0 aromatic rings. The van der Waals surface area contributed by atoms with Crippen molar-refractivity contribution in [3.05, 3.63) is 24.3 Å². The second-order valence-electron chi connectivity index (χ2n) is 4.52. The largest absolute Gasteiger partial charge is 0.444 e. The van der Waals surface area contributed by atoms with Crippen molar-refractivity contribution in [1.29, 1.82) is 0 Å². The van der Waals surface area contributed by atoms with Gasteiger partial charge in [0.05, 0.1) is 0 Å². The molecule has 19 heavy (non-hydrogen) atoms. The first-order valence-electron chi connectivity index (χ1n) is 6.23. The summed E-state index contributed by atoms with van der Waals surface area (Å²) in [5.41, 5.74) is 0.729. The molecule has 0 N–H and O–H groups in total. The summed E-state index contributed by atoms with van der Waals surface area (Å²) in [7, 11) is 1.86. The Hall–Kier alpha value is -1.91. The second-order valence-corrected chi connectivity index (χ2v) is 4.52. The lowest BCUT2D eigenvalue weighted by Crippen LogP contribution is -2.28. The van der Waals surface area contributed by atoms with Gasteiger partial charge in [0.1, 0.15) is 12.4 Å². The van der Waals surface area contributed by atoms with Crippen LogP contribution in [0.1, 0.15) is 26.7 Å². The molecule has 5 nitrogen and oxygen atoms in total. The summed E-state index contributed by atoms with van der Waals surface area (Å²) < 4.78 is 4.82. The first-order valence-corrected chi connectivity index (χ1v) is 6.23. The Morgan fingerprint density at radius 2 is 2.21 bits per heavy atom. The smallest absolute Gasteiger partial charge is 0.435 e. The standard InChI is InChI=1S/C14H20N2O3/c1-5-8-19-14(18)15-13-7-6-12(16(13)4)9-10(2)11(3)17/h5,9,12H,1,6-8H2,2-4H3/b10-9+,15-13?/t12-/m0/s1. The molecule has 0 saturated carbocycles. The van der Waals surface area contributed by atoms with Crippen LogP contribution >= 0.6 is 0 Å². The number of hydrogen-bond donors (Lipinski definition) is 0. The predicted octanol–water partition coefficient (Wildman–Crippen LogP) is 2.34. The van der Waals surface area contributed by atoms with Crippen LogP contribution in [0, 0.1) is 0 Å².